The minimum absolute atomic E-state index is 0.243. The number of nitrogens with one attached hydrogen (secondary N) is 2. The number of hydroxylamine groups is 1. The third kappa shape index (κ3) is 3.09. The van der Waals surface area contributed by atoms with E-state index in [0.717, 1.165) is 0 Å². The van der Waals surface area contributed by atoms with Gasteiger partial charge in [0.15, 0.2) is 0 Å². The van der Waals surface area contributed by atoms with Crippen molar-refractivity contribution in [3.05, 3.63) is 0 Å². The van der Waals surface area contributed by atoms with Crippen LogP contribution in [0.4, 0.5) is 0 Å². The van der Waals surface area contributed by atoms with Crippen LogP contribution in [0.15, 0.2) is 0 Å². The number of carbonyl (C=O) groups excluding carboxylic acids is 2. The minimum atomic E-state index is -1.35. The Labute approximate surface area is 117 Å². The summed E-state index contributed by atoms with van der Waals surface area (Å²) in [4.78, 5) is 35.4. The quantitative estimate of drug-likeness (QED) is 0.325. The van der Waals surface area contributed by atoms with Crippen LogP contribution in [0.2, 0.25) is 0 Å². The zero-order valence-corrected chi connectivity index (χ0v) is 11.8. The van der Waals surface area contributed by atoms with E-state index >= 15 is 0 Å². The van der Waals surface area contributed by atoms with Crippen molar-refractivity contribution in [1.29, 1.82) is 0 Å². The molecule has 0 aromatic heterocycles. The second-order valence-corrected chi connectivity index (χ2v) is 5.41. The first-order valence-corrected chi connectivity index (χ1v) is 6.87. The van der Waals surface area contributed by atoms with Gasteiger partial charge in [-0.2, -0.15) is 0 Å². The van der Waals surface area contributed by atoms with E-state index in [4.69, 9.17) is 5.21 Å². The number of aliphatic carboxylic acids is 1. The van der Waals surface area contributed by atoms with E-state index in [1.54, 1.807) is 6.92 Å². The zero-order valence-electron chi connectivity index (χ0n) is 11.8. The van der Waals surface area contributed by atoms with Gasteiger partial charge in [0.2, 0.25) is 5.91 Å². The highest BCUT2D eigenvalue weighted by Gasteiger charge is 2.49. The molecule has 0 heterocycles. The molecule has 1 rings (SSSR count). The topological polar surface area (TPSA) is 116 Å². The van der Waals surface area contributed by atoms with E-state index in [-0.39, 0.29) is 5.92 Å². The number of hydrogen-bond acceptors (Lipinski definition) is 4. The van der Waals surface area contributed by atoms with Crippen LogP contribution in [0.25, 0.3) is 0 Å². The van der Waals surface area contributed by atoms with Gasteiger partial charge in [-0.3, -0.25) is 14.8 Å². The van der Waals surface area contributed by atoms with E-state index in [0.29, 0.717) is 32.1 Å². The Morgan fingerprint density at radius 1 is 1.20 bits per heavy atom. The molecular formula is C13H22N2O5. The number of carbonyl (C=O) groups is 3. The van der Waals surface area contributed by atoms with Crippen molar-refractivity contribution in [1.82, 2.24) is 10.8 Å². The Hall–Kier alpha value is -1.63. The molecule has 0 bridgehead atoms. The standard InChI is InChI=1S/C13H22N2O5/c1-3-8(2)9(10(16)17)14-11(18)13(12(19)15-20)6-4-5-7-13/h8-9,20H,3-7H2,1-2H3,(H,14,18)(H,15,19)(H,16,17). The molecule has 2 atom stereocenters. The normalized spacial score (nSPS) is 19.9. The van der Waals surface area contributed by atoms with E-state index in [2.05, 4.69) is 5.32 Å². The molecule has 1 aliphatic rings. The van der Waals surface area contributed by atoms with Crippen LogP contribution < -0.4 is 10.8 Å². The Balaban J connectivity index is 2.91. The molecule has 7 heteroatoms. The highest BCUT2D eigenvalue weighted by Crippen LogP contribution is 2.38. The van der Waals surface area contributed by atoms with Crippen molar-refractivity contribution >= 4 is 17.8 Å². The third-order valence-electron chi connectivity index (χ3n) is 4.19. The Morgan fingerprint density at radius 2 is 1.75 bits per heavy atom. The number of rotatable bonds is 6. The number of carboxylic acids is 1. The van der Waals surface area contributed by atoms with E-state index in [1.165, 1.54) is 5.48 Å². The highest BCUT2D eigenvalue weighted by atomic mass is 16.5. The summed E-state index contributed by atoms with van der Waals surface area (Å²) in [6.07, 6.45) is 2.62. The summed E-state index contributed by atoms with van der Waals surface area (Å²) in [5.41, 5.74) is 0.176. The number of hydrogen-bond donors (Lipinski definition) is 4. The summed E-state index contributed by atoms with van der Waals surface area (Å²) in [7, 11) is 0. The van der Waals surface area contributed by atoms with Crippen molar-refractivity contribution in [2.24, 2.45) is 11.3 Å². The first-order chi connectivity index (χ1) is 9.39. The lowest BCUT2D eigenvalue weighted by Gasteiger charge is -2.28. The van der Waals surface area contributed by atoms with Crippen LogP contribution in [0.3, 0.4) is 0 Å². The smallest absolute Gasteiger partial charge is 0.326 e. The molecule has 7 nitrogen and oxygen atoms in total. The van der Waals surface area contributed by atoms with Gasteiger partial charge in [0.05, 0.1) is 0 Å². The van der Waals surface area contributed by atoms with Crippen LogP contribution in [-0.4, -0.2) is 34.1 Å². The Morgan fingerprint density at radius 3 is 2.15 bits per heavy atom. The van der Waals surface area contributed by atoms with Gasteiger partial charge in [-0.05, 0) is 18.8 Å². The van der Waals surface area contributed by atoms with Crippen molar-refractivity contribution in [3.63, 3.8) is 0 Å². The molecule has 0 aliphatic heterocycles. The molecule has 4 N–H and O–H groups in total. The van der Waals surface area contributed by atoms with Gasteiger partial charge in [0.25, 0.3) is 5.91 Å². The fraction of sp³-hybridized carbons (Fsp3) is 0.769. The van der Waals surface area contributed by atoms with Crippen LogP contribution >= 0.6 is 0 Å². The first-order valence-electron chi connectivity index (χ1n) is 6.87. The maximum Gasteiger partial charge on any atom is 0.326 e. The first kappa shape index (κ1) is 16.4. The second-order valence-electron chi connectivity index (χ2n) is 5.41. The lowest BCUT2D eigenvalue weighted by Crippen LogP contribution is -2.55. The molecule has 0 spiro atoms. The van der Waals surface area contributed by atoms with Crippen LogP contribution in [0.5, 0.6) is 0 Å². The molecule has 20 heavy (non-hydrogen) atoms. The SMILES string of the molecule is CCC(C)C(NC(=O)C1(C(=O)NO)CCCC1)C(=O)O. The summed E-state index contributed by atoms with van der Waals surface area (Å²) < 4.78 is 0. The second kappa shape index (κ2) is 6.69. The van der Waals surface area contributed by atoms with Gasteiger partial charge in [-0.1, -0.05) is 33.1 Å². The molecule has 2 amide bonds. The summed E-state index contributed by atoms with van der Waals surface area (Å²) in [5.74, 6) is -2.74. The molecule has 2 unspecified atom stereocenters. The van der Waals surface area contributed by atoms with Gasteiger partial charge in [-0.15, -0.1) is 0 Å². The fourth-order valence-electron chi connectivity index (χ4n) is 2.61. The fourth-order valence-corrected chi connectivity index (χ4v) is 2.61. The Bertz CT molecular complexity index is 390. The summed E-state index contributed by atoms with van der Waals surface area (Å²) in [6.45, 7) is 3.56. The summed E-state index contributed by atoms with van der Waals surface area (Å²) >= 11 is 0. The van der Waals surface area contributed by atoms with E-state index in [1.807, 2.05) is 6.92 Å². The average Bonchev–Trinajstić information content (AvgIpc) is 2.93. The molecule has 1 aliphatic carbocycles. The number of amides is 2. The predicted molar refractivity (Wildman–Crippen MR) is 69.9 cm³/mol. The molecule has 0 aromatic carbocycles. The molecular weight excluding hydrogens is 264 g/mol. The predicted octanol–water partition coefficient (Wildman–Crippen LogP) is 0.668. The van der Waals surface area contributed by atoms with Crippen molar-refractivity contribution in [3.8, 4) is 0 Å². The highest BCUT2D eigenvalue weighted by molar-refractivity contribution is 6.05. The number of carboxylic acid groups (broad SMARTS) is 1. The van der Waals surface area contributed by atoms with Crippen molar-refractivity contribution < 1.29 is 24.7 Å². The average molecular weight is 286 g/mol. The minimum Gasteiger partial charge on any atom is -0.480 e. The van der Waals surface area contributed by atoms with Gasteiger partial charge in [0.1, 0.15) is 11.5 Å². The molecule has 1 fully saturated rings. The maximum atomic E-state index is 12.4. The molecule has 114 valence electrons. The van der Waals surface area contributed by atoms with Crippen molar-refractivity contribution in [2.75, 3.05) is 0 Å². The molecule has 0 radical (unpaired) electrons. The third-order valence-corrected chi connectivity index (χ3v) is 4.19. The lowest BCUT2D eigenvalue weighted by molar-refractivity contribution is -0.152. The summed E-state index contributed by atoms with van der Waals surface area (Å²) in [6, 6.07) is -1.03. The van der Waals surface area contributed by atoms with Gasteiger partial charge < -0.3 is 10.4 Å². The maximum absolute atomic E-state index is 12.4. The van der Waals surface area contributed by atoms with E-state index in [9.17, 15) is 19.5 Å². The monoisotopic (exact) mass is 286 g/mol. The van der Waals surface area contributed by atoms with Crippen molar-refractivity contribution in [2.45, 2.75) is 52.0 Å². The van der Waals surface area contributed by atoms with Crippen LogP contribution in [0, 0.1) is 11.3 Å². The largest absolute Gasteiger partial charge is 0.480 e. The molecule has 0 saturated heterocycles. The van der Waals surface area contributed by atoms with Gasteiger partial charge in [-0.25, -0.2) is 10.3 Å². The molecule has 1 saturated carbocycles. The lowest BCUT2D eigenvalue weighted by atomic mass is 9.83. The van der Waals surface area contributed by atoms with E-state index < -0.39 is 29.2 Å². The summed E-state index contributed by atoms with van der Waals surface area (Å²) in [5, 5.41) is 20.4. The van der Waals surface area contributed by atoms with Gasteiger partial charge >= 0.3 is 5.97 Å². The van der Waals surface area contributed by atoms with Crippen LogP contribution in [0.1, 0.15) is 46.0 Å². The Kier molecular flexibility index (Phi) is 5.50. The molecule has 0 aromatic rings. The van der Waals surface area contributed by atoms with Gasteiger partial charge in [0, 0.05) is 0 Å². The van der Waals surface area contributed by atoms with Crippen LogP contribution in [-0.2, 0) is 14.4 Å². The zero-order chi connectivity index (χ0) is 15.3.